The molecule has 0 N–H and O–H groups in total. The summed E-state index contributed by atoms with van der Waals surface area (Å²) < 4.78 is 0. The second kappa shape index (κ2) is 4.52. The average molecular weight is 188 g/mol. The fourth-order valence-electron chi connectivity index (χ4n) is 1.18. The molecule has 1 heterocycles. The molecule has 3 heteroatoms. The van der Waals surface area contributed by atoms with E-state index in [0.29, 0.717) is 5.69 Å². The van der Waals surface area contributed by atoms with E-state index in [-0.39, 0.29) is 11.7 Å². The van der Waals surface area contributed by atoms with Crippen LogP contribution in [0.4, 0.5) is 0 Å². The third-order valence-corrected chi connectivity index (χ3v) is 2.01. The smallest absolute Gasteiger partial charge is 0.198 e. The molecule has 1 rings (SSSR count). The highest BCUT2D eigenvalue weighted by atomic mass is 16.1. The summed E-state index contributed by atoms with van der Waals surface area (Å²) in [4.78, 5) is 15.7. The van der Waals surface area contributed by atoms with Crippen LogP contribution < -0.4 is 0 Å². The molecule has 0 amide bonds. The minimum Gasteiger partial charge on any atom is -0.291 e. The van der Waals surface area contributed by atoms with E-state index in [2.05, 4.69) is 4.98 Å². The molecule has 0 aliphatic carbocycles. The number of hydrogen-bond acceptors (Lipinski definition) is 3. The first-order chi connectivity index (χ1) is 6.66. The van der Waals surface area contributed by atoms with Crippen LogP contribution in [0, 0.1) is 23.2 Å². The molecule has 0 aliphatic rings. The van der Waals surface area contributed by atoms with Gasteiger partial charge in [0.05, 0.1) is 6.07 Å². The first kappa shape index (κ1) is 10.4. The van der Waals surface area contributed by atoms with Gasteiger partial charge in [0.1, 0.15) is 11.6 Å². The molecule has 72 valence electrons. The number of nitrogens with zero attached hydrogens (tertiary/aromatic N) is 2. The largest absolute Gasteiger partial charge is 0.291 e. The minimum atomic E-state index is -0.593. The lowest BCUT2D eigenvalue weighted by molar-refractivity contribution is 0.0919. The van der Waals surface area contributed by atoms with Crippen LogP contribution in [0.5, 0.6) is 0 Å². The highest BCUT2D eigenvalue weighted by Crippen LogP contribution is 2.14. The predicted octanol–water partition coefficient (Wildman–Crippen LogP) is 2.06. The Hall–Kier alpha value is -1.69. The van der Waals surface area contributed by atoms with Crippen molar-refractivity contribution in [2.75, 3.05) is 0 Å². The van der Waals surface area contributed by atoms with Crippen molar-refractivity contribution in [1.29, 1.82) is 5.26 Å². The third-order valence-electron chi connectivity index (χ3n) is 2.01. The van der Waals surface area contributed by atoms with Gasteiger partial charge in [-0.1, -0.05) is 19.9 Å². The van der Waals surface area contributed by atoms with Crippen LogP contribution in [0.15, 0.2) is 24.4 Å². The minimum absolute atomic E-state index is 0.0227. The van der Waals surface area contributed by atoms with Gasteiger partial charge in [0, 0.05) is 6.20 Å². The summed E-state index contributed by atoms with van der Waals surface area (Å²) in [7, 11) is 0. The van der Waals surface area contributed by atoms with Crippen molar-refractivity contribution in [2.45, 2.75) is 13.8 Å². The molecule has 14 heavy (non-hydrogen) atoms. The van der Waals surface area contributed by atoms with Crippen molar-refractivity contribution < 1.29 is 4.79 Å². The molecule has 1 unspecified atom stereocenters. The second-order valence-electron chi connectivity index (χ2n) is 3.43. The lowest BCUT2D eigenvalue weighted by Crippen LogP contribution is -2.19. The molecule has 0 bridgehead atoms. The van der Waals surface area contributed by atoms with Crippen molar-refractivity contribution in [3.63, 3.8) is 0 Å². The summed E-state index contributed by atoms with van der Waals surface area (Å²) in [6.45, 7) is 3.71. The van der Waals surface area contributed by atoms with Gasteiger partial charge >= 0.3 is 0 Å². The maximum Gasteiger partial charge on any atom is 0.198 e. The van der Waals surface area contributed by atoms with Crippen LogP contribution in [0.2, 0.25) is 0 Å². The summed E-state index contributed by atoms with van der Waals surface area (Å²) in [6, 6.07) is 7.13. The lowest BCUT2D eigenvalue weighted by atomic mass is 9.91. The Morgan fingerprint density at radius 3 is 2.64 bits per heavy atom. The van der Waals surface area contributed by atoms with Crippen LogP contribution in [0.1, 0.15) is 24.3 Å². The molecule has 0 saturated carbocycles. The molecule has 1 atom stereocenters. The SMILES string of the molecule is CC(C)C(C#N)C(=O)c1ccccn1. The van der Waals surface area contributed by atoms with Gasteiger partial charge < -0.3 is 0 Å². The summed E-state index contributed by atoms with van der Waals surface area (Å²) in [5.74, 6) is -0.762. The van der Waals surface area contributed by atoms with E-state index >= 15 is 0 Å². The van der Waals surface area contributed by atoms with E-state index in [0.717, 1.165) is 0 Å². The Morgan fingerprint density at radius 2 is 2.21 bits per heavy atom. The van der Waals surface area contributed by atoms with Crippen LogP contribution >= 0.6 is 0 Å². The highest BCUT2D eigenvalue weighted by molar-refractivity contribution is 5.97. The molecule has 0 spiro atoms. The number of aromatic nitrogens is 1. The molecule has 0 saturated heterocycles. The van der Waals surface area contributed by atoms with E-state index in [1.807, 2.05) is 19.9 Å². The van der Waals surface area contributed by atoms with Gasteiger partial charge in [-0.25, -0.2) is 0 Å². The summed E-state index contributed by atoms with van der Waals surface area (Å²) >= 11 is 0. The van der Waals surface area contributed by atoms with E-state index < -0.39 is 5.92 Å². The Bertz CT molecular complexity index is 351. The predicted molar refractivity (Wildman–Crippen MR) is 52.5 cm³/mol. The molecular weight excluding hydrogens is 176 g/mol. The maximum atomic E-state index is 11.7. The first-order valence-corrected chi connectivity index (χ1v) is 4.51. The number of Topliss-reactive ketones (excluding diaryl/α,β-unsaturated/α-hetero) is 1. The zero-order valence-corrected chi connectivity index (χ0v) is 8.27. The zero-order chi connectivity index (χ0) is 10.6. The Kier molecular flexibility index (Phi) is 3.35. The van der Waals surface area contributed by atoms with Crippen molar-refractivity contribution in [2.24, 2.45) is 11.8 Å². The number of pyridine rings is 1. The monoisotopic (exact) mass is 188 g/mol. The van der Waals surface area contributed by atoms with Crippen molar-refractivity contribution in [1.82, 2.24) is 4.98 Å². The summed E-state index contributed by atoms with van der Waals surface area (Å²) in [5, 5.41) is 8.83. The van der Waals surface area contributed by atoms with Crippen molar-refractivity contribution in [3.8, 4) is 6.07 Å². The second-order valence-corrected chi connectivity index (χ2v) is 3.43. The third kappa shape index (κ3) is 2.17. The molecular formula is C11H12N2O. The first-order valence-electron chi connectivity index (χ1n) is 4.51. The molecule has 0 fully saturated rings. The number of hydrogen-bond donors (Lipinski definition) is 0. The van der Waals surface area contributed by atoms with Gasteiger partial charge in [-0.3, -0.25) is 9.78 Å². The Labute approximate surface area is 83.4 Å². The molecule has 0 radical (unpaired) electrons. The van der Waals surface area contributed by atoms with Gasteiger partial charge in [-0.05, 0) is 18.1 Å². The van der Waals surface area contributed by atoms with Crippen molar-refractivity contribution in [3.05, 3.63) is 30.1 Å². The molecule has 1 aromatic rings. The molecule has 3 nitrogen and oxygen atoms in total. The lowest BCUT2D eigenvalue weighted by Gasteiger charge is -2.10. The van der Waals surface area contributed by atoms with E-state index in [9.17, 15) is 4.79 Å². The van der Waals surface area contributed by atoms with Gasteiger partial charge in [-0.15, -0.1) is 0 Å². The Morgan fingerprint density at radius 1 is 1.50 bits per heavy atom. The maximum absolute atomic E-state index is 11.7. The Balaban J connectivity index is 2.91. The fourth-order valence-corrected chi connectivity index (χ4v) is 1.18. The zero-order valence-electron chi connectivity index (χ0n) is 8.27. The quantitative estimate of drug-likeness (QED) is 0.682. The van der Waals surface area contributed by atoms with E-state index in [1.165, 1.54) is 0 Å². The van der Waals surface area contributed by atoms with E-state index in [1.54, 1.807) is 24.4 Å². The number of ketones is 1. The highest BCUT2D eigenvalue weighted by Gasteiger charge is 2.23. The normalized spacial score (nSPS) is 12.1. The number of carbonyl (C=O) groups is 1. The molecule has 1 aromatic heterocycles. The average Bonchev–Trinajstić information content (AvgIpc) is 2.19. The molecule has 0 aliphatic heterocycles. The van der Waals surface area contributed by atoms with Gasteiger partial charge in [0.25, 0.3) is 0 Å². The van der Waals surface area contributed by atoms with Gasteiger partial charge in [-0.2, -0.15) is 5.26 Å². The standard InChI is InChI=1S/C11H12N2O/c1-8(2)9(7-12)11(14)10-5-3-4-6-13-10/h3-6,8-9H,1-2H3. The number of carbonyl (C=O) groups excluding carboxylic acids is 1. The van der Waals surface area contributed by atoms with Gasteiger partial charge in [0.2, 0.25) is 0 Å². The van der Waals surface area contributed by atoms with Crippen LogP contribution in [-0.4, -0.2) is 10.8 Å². The molecule has 0 aromatic carbocycles. The topological polar surface area (TPSA) is 53.8 Å². The fraction of sp³-hybridized carbons (Fsp3) is 0.364. The number of nitriles is 1. The number of rotatable bonds is 3. The van der Waals surface area contributed by atoms with Crippen LogP contribution in [-0.2, 0) is 0 Å². The summed E-state index contributed by atoms with van der Waals surface area (Å²) in [5.41, 5.74) is 0.368. The van der Waals surface area contributed by atoms with Crippen LogP contribution in [0.3, 0.4) is 0 Å². The van der Waals surface area contributed by atoms with Crippen molar-refractivity contribution >= 4 is 5.78 Å². The van der Waals surface area contributed by atoms with Gasteiger partial charge in [0.15, 0.2) is 5.78 Å². The van der Waals surface area contributed by atoms with Crippen LogP contribution in [0.25, 0.3) is 0 Å². The summed E-state index contributed by atoms with van der Waals surface area (Å²) in [6.07, 6.45) is 1.56. The van der Waals surface area contributed by atoms with E-state index in [4.69, 9.17) is 5.26 Å².